The third-order valence-electron chi connectivity index (χ3n) is 16.5. The smallest absolute Gasteiger partial charge is 0.254 e. The second kappa shape index (κ2) is 21.4. The van der Waals surface area contributed by atoms with Gasteiger partial charge in [-0.05, 0) is 141 Å². The van der Waals surface area contributed by atoms with Crippen LogP contribution in [0.3, 0.4) is 0 Å². The number of carbonyl (C=O) groups is 2. The maximum Gasteiger partial charge on any atom is 0.254 e. The quantitative estimate of drug-likeness (QED) is 0.0802. The Kier molecular flexibility index (Phi) is 14.3. The molecule has 4 aliphatic rings. The number of aromatic amines is 1. The van der Waals surface area contributed by atoms with Crippen molar-refractivity contribution in [3.05, 3.63) is 118 Å². The molecule has 2 amide bonds. The maximum absolute atomic E-state index is 14.2. The molecule has 1 saturated carbocycles. The van der Waals surface area contributed by atoms with E-state index in [2.05, 4.69) is 54.9 Å². The summed E-state index contributed by atoms with van der Waals surface area (Å²) in [5.41, 5.74) is 10.6. The van der Waals surface area contributed by atoms with Crippen molar-refractivity contribution in [3.63, 3.8) is 0 Å². The van der Waals surface area contributed by atoms with Crippen LogP contribution in [-0.2, 0) is 22.6 Å². The number of nitrogens with one attached hydrogen (secondary N) is 2. The van der Waals surface area contributed by atoms with Crippen molar-refractivity contribution in [1.29, 1.82) is 0 Å². The number of ether oxygens (including phenoxy) is 1. The fourth-order valence-electron chi connectivity index (χ4n) is 12.3. The van der Waals surface area contributed by atoms with Crippen LogP contribution in [0.25, 0.3) is 32.7 Å². The monoisotopic (exact) mass is 1020 g/mol. The Morgan fingerprint density at radius 2 is 1.73 bits per heavy atom. The Labute approximate surface area is 435 Å². The third kappa shape index (κ3) is 10.2. The summed E-state index contributed by atoms with van der Waals surface area (Å²) in [6.45, 7) is 11.2. The molecule has 2 aliphatic heterocycles. The van der Waals surface area contributed by atoms with Crippen LogP contribution in [0.5, 0.6) is 11.6 Å². The summed E-state index contributed by atoms with van der Waals surface area (Å²) in [5.74, 6) is 1.65. The molecule has 7 aromatic rings. The molecule has 74 heavy (non-hydrogen) atoms. The summed E-state index contributed by atoms with van der Waals surface area (Å²) in [6, 6.07) is 18.8. The van der Waals surface area contributed by atoms with E-state index in [1.54, 1.807) is 23.5 Å². The molecule has 4 N–H and O–H groups in total. The lowest BCUT2D eigenvalue weighted by Gasteiger charge is -2.40. The number of aliphatic hydroxyl groups is 1. The molecule has 386 valence electrons. The van der Waals surface area contributed by atoms with E-state index in [4.69, 9.17) is 19.2 Å². The number of benzene rings is 2. The lowest BCUT2D eigenvalue weighted by molar-refractivity contribution is -0.141. The summed E-state index contributed by atoms with van der Waals surface area (Å²) in [6.07, 6.45) is 11.9. The minimum Gasteiger partial charge on any atom is -0.507 e. The van der Waals surface area contributed by atoms with Gasteiger partial charge in [0.25, 0.3) is 5.88 Å². The predicted octanol–water partition coefficient (Wildman–Crippen LogP) is 9.21. The zero-order valence-electron chi connectivity index (χ0n) is 42.6. The molecule has 2 aliphatic carbocycles. The SMILES string of the molecule is Cc1ncsc1-c1ccc(CNC(=O)[C@@H]2C[C@@H](O)CN2C(=O)C(c2cc(OC[C@H]3CC[C@H](N4CCC(c5cnc(C6CCc7[nH]c8nnc(-c9ccccc9O)cc8c7[C@H]6C)nc5)CC4)CC3)no2)C(C)C)cc1. The van der Waals surface area contributed by atoms with Crippen LogP contribution in [0.15, 0.2) is 83.1 Å². The summed E-state index contributed by atoms with van der Waals surface area (Å²) in [7, 11) is 0. The van der Waals surface area contributed by atoms with Gasteiger partial charge in [-0.25, -0.2) is 15.0 Å². The van der Waals surface area contributed by atoms with Gasteiger partial charge in [0.2, 0.25) is 11.8 Å². The number of phenolic OH excluding ortho intramolecular Hbond substituents is 1. The maximum atomic E-state index is 14.2. The normalized spacial score (nSPS) is 23.0. The number of nitrogens with zero attached hydrogens (tertiary/aromatic N) is 8. The molecule has 5 aromatic heterocycles. The number of aryl methyl sites for hydroxylation is 2. The van der Waals surface area contributed by atoms with Gasteiger partial charge in [-0.3, -0.25) is 9.59 Å². The van der Waals surface area contributed by atoms with Crippen molar-refractivity contribution in [3.8, 4) is 33.3 Å². The van der Waals surface area contributed by atoms with Gasteiger partial charge in [-0.2, -0.15) is 0 Å². The van der Waals surface area contributed by atoms with Crippen molar-refractivity contribution >= 4 is 34.2 Å². The molecule has 2 unspecified atom stereocenters. The first-order valence-corrected chi connectivity index (χ1v) is 27.4. The summed E-state index contributed by atoms with van der Waals surface area (Å²) in [4.78, 5) is 51.0. The summed E-state index contributed by atoms with van der Waals surface area (Å²) in [5, 5.41) is 38.4. The number of β-amino-alcohol motifs (C(OH)–C–C–N with tert-alkyl or cyclic N) is 1. The van der Waals surface area contributed by atoms with Crippen LogP contribution < -0.4 is 10.1 Å². The molecule has 17 heteroatoms. The molecular weight excluding hydrogens is 953 g/mol. The zero-order valence-corrected chi connectivity index (χ0v) is 43.4. The fraction of sp³-hybridized carbons (Fsp3) is 0.474. The van der Waals surface area contributed by atoms with E-state index in [0.29, 0.717) is 53.9 Å². The minimum absolute atomic E-state index is 0.0719. The van der Waals surface area contributed by atoms with Crippen molar-refractivity contribution in [1.82, 2.24) is 50.4 Å². The van der Waals surface area contributed by atoms with E-state index in [1.165, 1.54) is 21.7 Å². The molecule has 5 atom stereocenters. The Morgan fingerprint density at radius 1 is 0.959 bits per heavy atom. The molecule has 16 nitrogen and oxygen atoms in total. The van der Waals surface area contributed by atoms with Crippen LogP contribution in [0.4, 0.5) is 0 Å². The number of aromatic hydroxyl groups is 1. The molecule has 0 bridgehead atoms. The van der Waals surface area contributed by atoms with Gasteiger partial charge in [-0.1, -0.05) is 57.2 Å². The molecule has 2 saturated heterocycles. The number of piperidine rings is 1. The van der Waals surface area contributed by atoms with Gasteiger partial charge in [0.1, 0.15) is 23.5 Å². The van der Waals surface area contributed by atoms with E-state index in [-0.39, 0.29) is 48.3 Å². The van der Waals surface area contributed by atoms with E-state index in [1.807, 2.05) is 74.8 Å². The molecule has 0 radical (unpaired) electrons. The average molecular weight is 1020 g/mol. The lowest BCUT2D eigenvalue weighted by atomic mass is 9.77. The second-order valence-corrected chi connectivity index (χ2v) is 22.4. The first kappa shape index (κ1) is 49.6. The highest BCUT2D eigenvalue weighted by molar-refractivity contribution is 7.13. The fourth-order valence-corrected chi connectivity index (χ4v) is 13.1. The Balaban J connectivity index is 0.633. The molecule has 0 spiro atoms. The van der Waals surface area contributed by atoms with Crippen LogP contribution in [0.2, 0.25) is 0 Å². The second-order valence-electron chi connectivity index (χ2n) is 21.5. The Morgan fingerprint density at radius 3 is 2.46 bits per heavy atom. The minimum atomic E-state index is -0.806. The van der Waals surface area contributed by atoms with E-state index < -0.39 is 18.1 Å². The number of carbonyl (C=O) groups excluding carboxylic acids is 2. The average Bonchev–Trinajstić information content (AvgIpc) is 4.24. The van der Waals surface area contributed by atoms with Crippen molar-refractivity contribution in [2.75, 3.05) is 26.2 Å². The Bertz CT molecular complexity index is 3080. The van der Waals surface area contributed by atoms with Crippen molar-refractivity contribution < 1.29 is 29.1 Å². The third-order valence-corrected chi connectivity index (χ3v) is 17.5. The lowest BCUT2D eigenvalue weighted by Crippen LogP contribution is -2.48. The number of amides is 2. The number of rotatable bonds is 14. The number of phenols is 1. The molecule has 7 heterocycles. The standard InChI is InChI=1S/C57H66N10O6S/c1-32(2)51(57(71)67-29-41(68)23-47(67)56(70)60-26-35-9-13-38(14-10-35)53-34(4)61-31-74-53)49-25-50(65-73-49)72-30-36-11-15-40(16-12-36)66-21-19-37(20-22-66)39-27-58-54(59-28-39)42-17-18-45-52(33(42)3)44-24-46(63-64-55(44)62-45)43-7-5-6-8-48(43)69/h5-10,13-14,24-25,27-28,31-33,36-37,40-42,47,51,68-69H,11-12,15-23,26,29-30H2,1-4H3,(H,60,70)(H,62,64)/t33-,36-,40-,41+,42?,47-,51?/m0/s1. The molecule has 3 fully saturated rings. The number of hydrogen-bond donors (Lipinski definition) is 4. The first-order chi connectivity index (χ1) is 35.9. The van der Waals surface area contributed by atoms with Crippen LogP contribution >= 0.6 is 11.3 Å². The molecule has 2 aromatic carbocycles. The van der Waals surface area contributed by atoms with Crippen LogP contribution in [0, 0.1) is 18.8 Å². The number of H-pyrrole nitrogens is 1. The van der Waals surface area contributed by atoms with Crippen LogP contribution in [0.1, 0.15) is 135 Å². The highest BCUT2D eigenvalue weighted by atomic mass is 32.1. The number of fused-ring (bicyclic) bond motifs is 3. The van der Waals surface area contributed by atoms with Gasteiger partial charge >= 0.3 is 0 Å². The van der Waals surface area contributed by atoms with Gasteiger partial charge in [0.05, 0.1) is 34.5 Å². The highest BCUT2D eigenvalue weighted by Gasteiger charge is 2.43. The topological polar surface area (TPSA) is 209 Å². The van der Waals surface area contributed by atoms with Crippen LogP contribution in [-0.4, -0.2) is 112 Å². The zero-order chi connectivity index (χ0) is 51.0. The summed E-state index contributed by atoms with van der Waals surface area (Å²) < 4.78 is 12.0. The van der Waals surface area contributed by atoms with E-state index in [0.717, 1.165) is 103 Å². The van der Waals surface area contributed by atoms with Crippen molar-refractivity contribution in [2.24, 2.45) is 11.8 Å². The number of aliphatic hydroxyl groups excluding tert-OH is 1. The van der Waals surface area contributed by atoms with Gasteiger partial charge < -0.3 is 39.6 Å². The summed E-state index contributed by atoms with van der Waals surface area (Å²) >= 11 is 1.60. The molecule has 11 rings (SSSR count). The number of likely N-dealkylation sites (tertiary alicyclic amines) is 2. The van der Waals surface area contributed by atoms with Gasteiger partial charge in [0, 0.05) is 66.6 Å². The number of para-hydroxylation sites is 1. The van der Waals surface area contributed by atoms with E-state index >= 15 is 0 Å². The highest BCUT2D eigenvalue weighted by Crippen LogP contribution is 2.45. The van der Waals surface area contributed by atoms with Gasteiger partial charge in [-0.15, -0.1) is 21.5 Å². The van der Waals surface area contributed by atoms with Gasteiger partial charge in [0.15, 0.2) is 11.4 Å². The number of aromatic nitrogens is 7. The molecular formula is C57H66N10O6S. The largest absolute Gasteiger partial charge is 0.507 e. The van der Waals surface area contributed by atoms with E-state index in [9.17, 15) is 19.8 Å². The Hall–Kier alpha value is -6.56. The number of thiazole rings is 1. The predicted molar refractivity (Wildman–Crippen MR) is 282 cm³/mol. The van der Waals surface area contributed by atoms with Crippen molar-refractivity contribution in [2.45, 2.75) is 134 Å². The number of hydrogen-bond acceptors (Lipinski definition) is 14. The first-order valence-electron chi connectivity index (χ1n) is 26.5.